The van der Waals surface area contributed by atoms with E-state index in [0.29, 0.717) is 16.0 Å². The minimum Gasteiger partial charge on any atom is -0.459 e. The molecule has 1 heterocycles. The number of carbonyl (C=O) groups excluding carboxylic acids is 4. The molecule has 2 aromatic rings. The van der Waals surface area contributed by atoms with Crippen LogP contribution in [0.2, 0.25) is 0 Å². The molecule has 3 atom stereocenters. The monoisotopic (exact) mass is 500 g/mol. The van der Waals surface area contributed by atoms with Gasteiger partial charge in [-0.1, -0.05) is 80.3 Å². The molecule has 0 radical (unpaired) electrons. The molecule has 3 amide bonds. The first-order valence-electron chi connectivity index (χ1n) is 16.2. The van der Waals surface area contributed by atoms with Crippen molar-refractivity contribution in [3.05, 3.63) is 71.8 Å². The molecule has 8 heteroatoms. The fraction of sp³-hybridized carbons (Fsp3) is 0.407. The van der Waals surface area contributed by atoms with Gasteiger partial charge >= 0.3 is 12.1 Å². The van der Waals surface area contributed by atoms with Crippen molar-refractivity contribution in [2.45, 2.75) is 70.5 Å². The first-order valence-corrected chi connectivity index (χ1v) is 10.7. The maximum Gasteiger partial charge on any atom is 0.417 e. The number of nitrogens with one attached hydrogen (secondary N) is 1. The summed E-state index contributed by atoms with van der Waals surface area (Å²) in [6, 6.07) is 12.7. The van der Waals surface area contributed by atoms with Gasteiger partial charge in [0.05, 0.1) is 0 Å². The molecule has 8 nitrogen and oxygen atoms in total. The van der Waals surface area contributed by atoms with Crippen LogP contribution in [0.1, 0.15) is 65.5 Å². The third-order valence-corrected chi connectivity index (χ3v) is 5.10. The smallest absolute Gasteiger partial charge is 0.417 e. The lowest BCUT2D eigenvalue weighted by molar-refractivity contribution is -0.154. The second-order valence-corrected chi connectivity index (χ2v) is 7.55. The molecule has 1 aliphatic heterocycles. The first kappa shape index (κ1) is 14.7. The van der Waals surface area contributed by atoms with Gasteiger partial charge in [-0.25, -0.2) is 14.5 Å². The van der Waals surface area contributed by atoms with E-state index in [1.54, 1.807) is 48.5 Å². The summed E-state index contributed by atoms with van der Waals surface area (Å²) in [5, 5.41) is 1.97. The van der Waals surface area contributed by atoms with Crippen LogP contribution in [0, 0.1) is 0 Å². The molecule has 1 fully saturated rings. The van der Waals surface area contributed by atoms with Crippen LogP contribution in [0.4, 0.5) is 4.79 Å². The van der Waals surface area contributed by atoms with Crippen molar-refractivity contribution in [2.24, 2.45) is 0 Å². The second kappa shape index (κ2) is 12.7. The van der Waals surface area contributed by atoms with E-state index in [1.807, 2.05) is 5.32 Å². The zero-order valence-electron chi connectivity index (χ0n) is 29.8. The molecule has 1 N–H and O–H groups in total. The van der Waals surface area contributed by atoms with Gasteiger partial charge in [0.25, 0.3) is 5.91 Å². The fourth-order valence-corrected chi connectivity index (χ4v) is 3.47. The van der Waals surface area contributed by atoms with Crippen LogP contribution in [-0.2, 0) is 36.9 Å². The van der Waals surface area contributed by atoms with Crippen molar-refractivity contribution in [2.75, 3.05) is 0 Å². The van der Waals surface area contributed by atoms with Crippen molar-refractivity contribution in [3.8, 4) is 0 Å². The highest BCUT2D eigenvalue weighted by molar-refractivity contribution is 6.02. The van der Waals surface area contributed by atoms with Gasteiger partial charge < -0.3 is 14.8 Å². The predicted molar refractivity (Wildman–Crippen MR) is 129 cm³/mol. The minimum atomic E-state index is -4.13. The number of rotatable bonds is 11. The van der Waals surface area contributed by atoms with Crippen molar-refractivity contribution < 1.29 is 43.7 Å². The van der Waals surface area contributed by atoms with Crippen molar-refractivity contribution >= 4 is 23.9 Å². The minimum absolute atomic E-state index is 0.218. The van der Waals surface area contributed by atoms with Gasteiger partial charge in [-0.2, -0.15) is 0 Å². The van der Waals surface area contributed by atoms with Gasteiger partial charge in [0.2, 0.25) is 5.91 Å². The van der Waals surface area contributed by atoms with E-state index in [-0.39, 0.29) is 6.61 Å². The normalized spacial score (nSPS) is 24.7. The van der Waals surface area contributed by atoms with Gasteiger partial charge in [-0.15, -0.1) is 0 Å². The van der Waals surface area contributed by atoms with Gasteiger partial charge in [-0.05, 0) is 24.4 Å². The molecule has 0 unspecified atom stereocenters. The molecule has 2 aromatic carbocycles. The van der Waals surface area contributed by atoms with Crippen molar-refractivity contribution in [3.63, 3.8) is 0 Å². The molecule has 0 spiro atoms. The number of imide groups is 1. The molecule has 1 aliphatic rings. The summed E-state index contributed by atoms with van der Waals surface area (Å²) in [4.78, 5) is 53.5. The van der Waals surface area contributed by atoms with Crippen LogP contribution in [0.25, 0.3) is 0 Å². The summed E-state index contributed by atoms with van der Waals surface area (Å²) in [6.45, 7) is -2.66. The molecular formula is C27H32N2O6. The quantitative estimate of drug-likeness (QED) is 0.286. The maximum absolute atomic E-state index is 13.9. The van der Waals surface area contributed by atoms with Crippen LogP contribution in [0.5, 0.6) is 0 Å². The van der Waals surface area contributed by atoms with Crippen LogP contribution >= 0.6 is 0 Å². The maximum atomic E-state index is 13.9. The van der Waals surface area contributed by atoms with Crippen LogP contribution in [0.3, 0.4) is 0 Å². The lowest BCUT2D eigenvalue weighted by Crippen LogP contribution is -2.55. The highest BCUT2D eigenvalue weighted by Crippen LogP contribution is 2.23. The number of nitrogens with zero attached hydrogens (tertiary/aromatic N) is 1. The zero-order chi connectivity index (χ0) is 34.9. The Morgan fingerprint density at radius 1 is 1.09 bits per heavy atom. The number of cyclic esters (lactones) is 1. The highest BCUT2D eigenvalue weighted by Gasteiger charge is 2.50. The summed E-state index contributed by atoms with van der Waals surface area (Å²) < 4.78 is 96.6. The number of hydrogen-bond acceptors (Lipinski definition) is 6. The Kier molecular flexibility index (Phi) is 5.31. The molecular weight excluding hydrogens is 457 g/mol. The van der Waals surface area contributed by atoms with Crippen LogP contribution in [-0.4, -0.2) is 47.0 Å². The number of ether oxygens (including phenoxy) is 2. The SMILES string of the molecule is [2H]C([2H])([2H])C([2H])([2H])C([2H])([2H])C([2H])([2H])C([2H])([2H])C(=O)[15NH][13C@@H]([13CH2][13c]1[13cH][13cH][13cH][13cH][13cH]1)C(=O)N1C(=O)O[C@@H](C)[C@@H]1C(=O)OCc1ccccc1. The van der Waals surface area contributed by atoms with Crippen molar-refractivity contribution in [1.82, 2.24) is 10.2 Å². The Hall–Kier alpha value is -3.68. The largest absolute Gasteiger partial charge is 0.459 e. The predicted octanol–water partition coefficient (Wildman–Crippen LogP) is 3.77. The molecule has 35 heavy (non-hydrogen) atoms. The second-order valence-electron chi connectivity index (χ2n) is 7.55. The van der Waals surface area contributed by atoms with Gasteiger partial charge in [0.1, 0.15) is 18.8 Å². The first-order chi connectivity index (χ1) is 21.1. The molecule has 3 rings (SSSR count). The Morgan fingerprint density at radius 3 is 2.40 bits per heavy atom. The van der Waals surface area contributed by atoms with Crippen molar-refractivity contribution in [1.29, 1.82) is 0 Å². The summed E-state index contributed by atoms with van der Waals surface area (Å²) in [7, 11) is 0. The molecule has 0 aliphatic carbocycles. The lowest BCUT2D eigenvalue weighted by atomic mass is 10.1. The number of amides is 3. The molecule has 0 bridgehead atoms. The molecule has 0 aromatic heterocycles. The highest BCUT2D eigenvalue weighted by atomic mass is 16.6. The lowest BCUT2D eigenvalue weighted by Gasteiger charge is -2.25. The van der Waals surface area contributed by atoms with Gasteiger partial charge in [0, 0.05) is 27.9 Å². The summed E-state index contributed by atoms with van der Waals surface area (Å²) in [5.41, 5.74) is 0.961. The summed E-state index contributed by atoms with van der Waals surface area (Å²) >= 11 is 0. The van der Waals surface area contributed by atoms with Crippen LogP contribution in [0.15, 0.2) is 60.7 Å². The van der Waals surface area contributed by atoms with E-state index < -0.39 is 80.8 Å². The van der Waals surface area contributed by atoms with E-state index >= 15 is 0 Å². The Bertz CT molecular complexity index is 1440. The summed E-state index contributed by atoms with van der Waals surface area (Å²) in [6.07, 6.45) is -19.1. The molecule has 186 valence electrons. The van der Waals surface area contributed by atoms with E-state index in [2.05, 4.69) is 0 Å². The number of hydrogen-bond donors (Lipinski definition) is 1. The Balaban J connectivity index is 1.96. The van der Waals surface area contributed by atoms with E-state index in [0.717, 1.165) is 0 Å². The Morgan fingerprint density at radius 2 is 1.74 bits per heavy atom. The van der Waals surface area contributed by atoms with E-state index in [1.165, 1.54) is 19.1 Å². The topological polar surface area (TPSA) is 102 Å². The van der Waals surface area contributed by atoms with Gasteiger partial charge in [0.15, 0.2) is 6.04 Å². The average Bonchev–Trinajstić information content (AvgIpc) is 3.28. The number of benzene rings is 2. The summed E-state index contributed by atoms with van der Waals surface area (Å²) in [5.74, 6) is -4.27. The van der Waals surface area contributed by atoms with E-state index in [9.17, 15) is 19.2 Å². The molecule has 1 saturated heterocycles. The van der Waals surface area contributed by atoms with Gasteiger partial charge in [-0.3, -0.25) is 9.59 Å². The van der Waals surface area contributed by atoms with Crippen LogP contribution < -0.4 is 5.32 Å². The third-order valence-electron chi connectivity index (χ3n) is 5.10. The third kappa shape index (κ3) is 7.15. The number of carbonyl (C=O) groups is 4. The average molecular weight is 501 g/mol. The zero-order valence-corrected chi connectivity index (χ0v) is 18.8. The Labute approximate surface area is 221 Å². The fourth-order valence-electron chi connectivity index (χ4n) is 3.47. The molecule has 0 saturated carbocycles. The van der Waals surface area contributed by atoms with E-state index in [4.69, 9.17) is 24.6 Å². The standard InChI is InChI=1S/C27H32N2O6/c1-3-4-7-16-23(30)28-22(17-20-12-8-5-9-13-20)25(31)29-24(19(2)35-27(29)33)26(32)34-18-21-14-10-6-11-15-21/h5-6,8-15,19,22,24H,3-4,7,16-18H2,1-2H3,(H,28,30)/t19-,22-,24+/m0/s1/i1D3,3D2,4D2,5+1,7D2,8+1,9+1,12+1,13+1,16D2,17+1,20+1,22+1,28+1. The number of esters is 1.